The lowest BCUT2D eigenvalue weighted by Gasteiger charge is -2.02. The predicted octanol–water partition coefficient (Wildman–Crippen LogP) is 2.13. The zero-order valence-electron chi connectivity index (χ0n) is 7.19. The Morgan fingerprint density at radius 2 is 1.86 bits per heavy atom. The Kier molecular flexibility index (Phi) is 4.24. The molecular formula is C9H8F2INO. The Hall–Kier alpha value is -0.720. The molecule has 0 bridgehead atoms. The van der Waals surface area contributed by atoms with Crippen molar-refractivity contribution >= 4 is 28.5 Å². The molecule has 1 aromatic carbocycles. The molecule has 0 radical (unpaired) electrons. The number of amides is 1. The second-order valence-corrected chi connectivity index (χ2v) is 3.68. The quantitative estimate of drug-likeness (QED) is 0.672. The van der Waals surface area contributed by atoms with Gasteiger partial charge < -0.3 is 5.32 Å². The van der Waals surface area contributed by atoms with Crippen LogP contribution in [-0.4, -0.2) is 16.9 Å². The van der Waals surface area contributed by atoms with Crippen LogP contribution >= 0.6 is 22.6 Å². The normalized spacial score (nSPS) is 9.93. The van der Waals surface area contributed by atoms with E-state index in [9.17, 15) is 13.6 Å². The van der Waals surface area contributed by atoms with Crippen LogP contribution in [0.15, 0.2) is 18.2 Å². The van der Waals surface area contributed by atoms with Crippen molar-refractivity contribution in [1.82, 2.24) is 5.32 Å². The van der Waals surface area contributed by atoms with E-state index in [1.165, 1.54) is 0 Å². The molecule has 0 saturated carbocycles. The second-order valence-electron chi connectivity index (χ2n) is 2.60. The summed E-state index contributed by atoms with van der Waals surface area (Å²) >= 11 is 2.09. The maximum absolute atomic E-state index is 12.7. The molecule has 0 spiro atoms. The lowest BCUT2D eigenvalue weighted by Crippen LogP contribution is -2.25. The smallest absolute Gasteiger partial charge is 0.251 e. The zero-order valence-corrected chi connectivity index (χ0v) is 9.35. The van der Waals surface area contributed by atoms with Crippen molar-refractivity contribution in [2.45, 2.75) is 0 Å². The number of halogens is 3. The fourth-order valence-corrected chi connectivity index (χ4v) is 1.22. The van der Waals surface area contributed by atoms with Crippen molar-refractivity contribution in [3.8, 4) is 0 Å². The minimum Gasteiger partial charge on any atom is -0.351 e. The van der Waals surface area contributed by atoms with Crippen LogP contribution in [0.4, 0.5) is 8.78 Å². The van der Waals surface area contributed by atoms with Crippen LogP contribution in [0.3, 0.4) is 0 Å². The van der Waals surface area contributed by atoms with Crippen molar-refractivity contribution in [2.24, 2.45) is 0 Å². The number of alkyl halides is 1. The van der Waals surface area contributed by atoms with Gasteiger partial charge in [0, 0.05) is 22.6 Å². The van der Waals surface area contributed by atoms with E-state index in [-0.39, 0.29) is 5.56 Å². The molecule has 5 heteroatoms. The highest BCUT2D eigenvalue weighted by Gasteiger charge is 2.07. The number of rotatable bonds is 3. The van der Waals surface area contributed by atoms with Crippen LogP contribution < -0.4 is 5.32 Å². The van der Waals surface area contributed by atoms with E-state index >= 15 is 0 Å². The topological polar surface area (TPSA) is 29.1 Å². The molecule has 1 amide bonds. The first kappa shape index (κ1) is 11.4. The summed E-state index contributed by atoms with van der Waals surface area (Å²) in [5.74, 6) is -1.95. The summed E-state index contributed by atoms with van der Waals surface area (Å²) in [6.45, 7) is 0.484. The van der Waals surface area contributed by atoms with E-state index in [1.54, 1.807) is 0 Å². The summed E-state index contributed by atoms with van der Waals surface area (Å²) < 4.78 is 26.1. The maximum Gasteiger partial charge on any atom is 0.251 e. The molecule has 0 atom stereocenters. The van der Waals surface area contributed by atoms with Crippen molar-refractivity contribution in [1.29, 1.82) is 0 Å². The summed E-state index contributed by atoms with van der Waals surface area (Å²) in [6.07, 6.45) is 0. The van der Waals surface area contributed by atoms with Gasteiger partial charge in [-0.05, 0) is 12.1 Å². The molecule has 76 valence electrons. The molecule has 1 aromatic rings. The molecule has 1 rings (SSSR count). The molecule has 0 aromatic heterocycles. The summed E-state index contributed by atoms with van der Waals surface area (Å²) in [5.41, 5.74) is 0.00681. The molecule has 0 unspecified atom stereocenters. The lowest BCUT2D eigenvalue weighted by atomic mass is 10.2. The van der Waals surface area contributed by atoms with E-state index in [0.717, 1.165) is 22.6 Å². The first-order valence-electron chi connectivity index (χ1n) is 3.93. The molecule has 0 fully saturated rings. The van der Waals surface area contributed by atoms with Gasteiger partial charge in [-0.1, -0.05) is 22.6 Å². The number of carbonyl (C=O) groups excluding carboxylic acids is 1. The number of hydrogen-bond donors (Lipinski definition) is 1. The zero-order chi connectivity index (χ0) is 10.6. The molecule has 1 N–H and O–H groups in total. The van der Waals surface area contributed by atoms with Crippen LogP contribution in [0.5, 0.6) is 0 Å². The van der Waals surface area contributed by atoms with Crippen LogP contribution in [0.2, 0.25) is 0 Å². The molecule has 0 aliphatic carbocycles. The van der Waals surface area contributed by atoms with Gasteiger partial charge in [0.15, 0.2) is 0 Å². The Labute approximate surface area is 93.8 Å². The van der Waals surface area contributed by atoms with Gasteiger partial charge in [-0.2, -0.15) is 0 Å². The summed E-state index contributed by atoms with van der Waals surface area (Å²) in [6, 6.07) is 2.74. The Morgan fingerprint density at radius 1 is 1.29 bits per heavy atom. The highest BCUT2D eigenvalue weighted by molar-refractivity contribution is 14.1. The second kappa shape index (κ2) is 5.23. The van der Waals surface area contributed by atoms with Crippen LogP contribution in [0.1, 0.15) is 10.4 Å². The Bertz CT molecular complexity index is 323. The lowest BCUT2D eigenvalue weighted by molar-refractivity contribution is 0.0955. The minimum atomic E-state index is -0.746. The maximum atomic E-state index is 12.7. The molecule has 14 heavy (non-hydrogen) atoms. The Balaban J connectivity index is 2.79. The molecule has 0 aliphatic rings. The number of hydrogen-bond acceptors (Lipinski definition) is 1. The number of carbonyl (C=O) groups is 1. The van der Waals surface area contributed by atoms with E-state index in [4.69, 9.17) is 0 Å². The monoisotopic (exact) mass is 311 g/mol. The van der Waals surface area contributed by atoms with Gasteiger partial charge in [0.25, 0.3) is 5.91 Å². The minimum absolute atomic E-state index is 0.00681. The Morgan fingerprint density at radius 3 is 2.36 bits per heavy atom. The third-order valence-electron chi connectivity index (χ3n) is 1.50. The van der Waals surface area contributed by atoms with E-state index in [1.807, 2.05) is 0 Å². The average molecular weight is 311 g/mol. The highest BCUT2D eigenvalue weighted by atomic mass is 127. The van der Waals surface area contributed by atoms with E-state index in [2.05, 4.69) is 27.9 Å². The SMILES string of the molecule is O=C(NCCI)c1cc(F)cc(F)c1. The number of nitrogens with one attached hydrogen (secondary N) is 1. The van der Waals surface area contributed by atoms with Gasteiger partial charge in [-0.15, -0.1) is 0 Å². The van der Waals surface area contributed by atoms with Crippen molar-refractivity contribution in [3.05, 3.63) is 35.4 Å². The third kappa shape index (κ3) is 3.21. The summed E-state index contributed by atoms with van der Waals surface area (Å²) in [7, 11) is 0. The van der Waals surface area contributed by atoms with Crippen molar-refractivity contribution < 1.29 is 13.6 Å². The van der Waals surface area contributed by atoms with Gasteiger partial charge in [-0.25, -0.2) is 8.78 Å². The predicted molar refractivity (Wildman–Crippen MR) is 57.6 cm³/mol. The standard InChI is InChI=1S/C9H8F2INO/c10-7-3-6(4-8(11)5-7)9(14)13-2-1-12/h3-5H,1-2H2,(H,13,14). The van der Waals surface area contributed by atoms with Gasteiger partial charge >= 0.3 is 0 Å². The van der Waals surface area contributed by atoms with E-state index in [0.29, 0.717) is 6.54 Å². The van der Waals surface area contributed by atoms with Crippen LogP contribution in [0.25, 0.3) is 0 Å². The summed E-state index contributed by atoms with van der Waals surface area (Å²) in [4.78, 5) is 11.3. The van der Waals surface area contributed by atoms with Crippen molar-refractivity contribution in [2.75, 3.05) is 11.0 Å². The molecule has 0 aliphatic heterocycles. The van der Waals surface area contributed by atoms with Crippen LogP contribution in [0, 0.1) is 11.6 Å². The highest BCUT2D eigenvalue weighted by Crippen LogP contribution is 2.07. The largest absolute Gasteiger partial charge is 0.351 e. The molecule has 0 saturated heterocycles. The molecule has 0 heterocycles. The first-order valence-corrected chi connectivity index (χ1v) is 5.46. The van der Waals surface area contributed by atoms with Gasteiger partial charge in [-0.3, -0.25) is 4.79 Å². The van der Waals surface area contributed by atoms with Gasteiger partial charge in [0.2, 0.25) is 0 Å². The van der Waals surface area contributed by atoms with E-state index < -0.39 is 17.5 Å². The molecular weight excluding hydrogens is 303 g/mol. The fraction of sp³-hybridized carbons (Fsp3) is 0.222. The average Bonchev–Trinajstić information content (AvgIpc) is 2.12. The molecule has 2 nitrogen and oxygen atoms in total. The fourth-order valence-electron chi connectivity index (χ4n) is 0.948. The van der Waals surface area contributed by atoms with Crippen molar-refractivity contribution in [3.63, 3.8) is 0 Å². The number of benzene rings is 1. The first-order chi connectivity index (χ1) is 6.63. The van der Waals surface area contributed by atoms with Crippen LogP contribution in [-0.2, 0) is 0 Å². The van der Waals surface area contributed by atoms with Gasteiger partial charge in [0.1, 0.15) is 11.6 Å². The van der Waals surface area contributed by atoms with Gasteiger partial charge in [0.05, 0.1) is 0 Å². The third-order valence-corrected chi connectivity index (χ3v) is 2.04. The summed E-state index contributed by atoms with van der Waals surface area (Å²) in [5, 5.41) is 2.52.